The number of ether oxygens (including phenoxy) is 1. The number of carbonyl (C=O) groups excluding carboxylic acids is 1. The van der Waals surface area contributed by atoms with Gasteiger partial charge < -0.3 is 20.7 Å². The average molecular weight is 297 g/mol. The maximum Gasteiger partial charge on any atom is 0.323 e. The Morgan fingerprint density at radius 3 is 2.57 bits per heavy atom. The first-order chi connectivity index (χ1) is 9.97. The fourth-order valence-electron chi connectivity index (χ4n) is 2.51. The van der Waals surface area contributed by atoms with Crippen LogP contribution >= 0.6 is 0 Å². The van der Waals surface area contributed by atoms with Crippen molar-refractivity contribution < 1.29 is 24.1 Å². The second-order valence-corrected chi connectivity index (χ2v) is 5.44. The zero-order valence-electron chi connectivity index (χ0n) is 11.7. The van der Waals surface area contributed by atoms with E-state index in [4.69, 9.17) is 10.5 Å². The van der Waals surface area contributed by atoms with Crippen LogP contribution in [0.5, 0.6) is 11.5 Å². The van der Waals surface area contributed by atoms with E-state index in [0.717, 1.165) is 44.2 Å². The first kappa shape index (κ1) is 15.6. The highest BCUT2D eigenvalue weighted by Crippen LogP contribution is 2.28. The number of phenols is 2. The summed E-state index contributed by atoms with van der Waals surface area (Å²) in [5.41, 5.74) is 5.81. The maximum atomic E-state index is 13.6. The Kier molecular flexibility index (Phi) is 5.01. The van der Waals surface area contributed by atoms with Gasteiger partial charge in [-0.05, 0) is 37.3 Å². The van der Waals surface area contributed by atoms with Crippen LogP contribution in [0.1, 0.15) is 37.7 Å². The van der Waals surface area contributed by atoms with Crippen molar-refractivity contribution in [3.8, 4) is 11.5 Å². The van der Waals surface area contributed by atoms with Gasteiger partial charge >= 0.3 is 5.97 Å². The van der Waals surface area contributed by atoms with Crippen molar-refractivity contribution in [2.75, 3.05) is 0 Å². The predicted molar refractivity (Wildman–Crippen MR) is 74.4 cm³/mol. The normalized spacial score (nSPS) is 17.4. The van der Waals surface area contributed by atoms with Crippen LogP contribution in [0.2, 0.25) is 0 Å². The van der Waals surface area contributed by atoms with Gasteiger partial charge in [0.25, 0.3) is 0 Å². The summed E-state index contributed by atoms with van der Waals surface area (Å²) >= 11 is 0. The molecule has 0 spiro atoms. The summed E-state index contributed by atoms with van der Waals surface area (Å²) in [6.07, 6.45) is 4.71. The summed E-state index contributed by atoms with van der Waals surface area (Å²) in [5.74, 6) is -2.27. The van der Waals surface area contributed by atoms with Gasteiger partial charge in [0.15, 0.2) is 11.5 Å². The molecule has 0 aromatic heterocycles. The van der Waals surface area contributed by atoms with E-state index in [1.165, 1.54) is 0 Å². The smallest absolute Gasteiger partial charge is 0.323 e. The summed E-state index contributed by atoms with van der Waals surface area (Å²) in [5, 5.41) is 18.5. The van der Waals surface area contributed by atoms with Crippen LogP contribution in [0, 0.1) is 5.82 Å². The van der Waals surface area contributed by atoms with Crippen LogP contribution in [0.25, 0.3) is 0 Å². The average Bonchev–Trinajstić information content (AvgIpc) is 2.45. The Hall–Kier alpha value is -1.82. The van der Waals surface area contributed by atoms with Crippen LogP contribution in [-0.4, -0.2) is 28.3 Å². The molecular formula is C15H20FNO4. The molecule has 0 heterocycles. The quantitative estimate of drug-likeness (QED) is 0.584. The molecule has 1 fully saturated rings. The molecule has 4 N–H and O–H groups in total. The monoisotopic (exact) mass is 297 g/mol. The van der Waals surface area contributed by atoms with E-state index >= 15 is 0 Å². The van der Waals surface area contributed by atoms with Crippen molar-refractivity contribution in [1.29, 1.82) is 0 Å². The van der Waals surface area contributed by atoms with Crippen molar-refractivity contribution >= 4 is 5.97 Å². The lowest BCUT2D eigenvalue weighted by molar-refractivity contribution is -0.152. The van der Waals surface area contributed by atoms with Gasteiger partial charge in [-0.3, -0.25) is 4.79 Å². The summed E-state index contributed by atoms with van der Waals surface area (Å²) in [7, 11) is 0. The lowest BCUT2D eigenvalue weighted by Gasteiger charge is -2.23. The van der Waals surface area contributed by atoms with E-state index in [-0.39, 0.29) is 18.1 Å². The largest absolute Gasteiger partial charge is 0.504 e. The first-order valence-electron chi connectivity index (χ1n) is 7.14. The van der Waals surface area contributed by atoms with Gasteiger partial charge in [-0.1, -0.05) is 6.42 Å². The van der Waals surface area contributed by atoms with Crippen LogP contribution in [0.3, 0.4) is 0 Å². The predicted octanol–water partition coefficient (Wildman–Crippen LogP) is 1.98. The lowest BCUT2D eigenvalue weighted by atomic mass is 9.97. The fraction of sp³-hybridized carbons (Fsp3) is 0.533. The van der Waals surface area contributed by atoms with E-state index in [0.29, 0.717) is 0 Å². The number of carbonyl (C=O) groups is 1. The topological polar surface area (TPSA) is 92.8 Å². The van der Waals surface area contributed by atoms with Crippen molar-refractivity contribution in [2.24, 2.45) is 5.73 Å². The number of phenolic OH excluding ortho intramolecular Hbond substituents is 2. The van der Waals surface area contributed by atoms with Crippen LogP contribution in [0.4, 0.5) is 4.39 Å². The SMILES string of the molecule is N[C@@H](Cc1cc(O)c(O)cc1F)C(=O)OC1CCCCC1. The van der Waals surface area contributed by atoms with E-state index in [1.54, 1.807) is 0 Å². The summed E-state index contributed by atoms with van der Waals surface area (Å²) in [6, 6.07) is 0.868. The minimum Gasteiger partial charge on any atom is -0.504 e. The Balaban J connectivity index is 1.95. The Morgan fingerprint density at radius 1 is 1.29 bits per heavy atom. The van der Waals surface area contributed by atoms with Gasteiger partial charge in [0.2, 0.25) is 0 Å². The van der Waals surface area contributed by atoms with Crippen molar-refractivity contribution in [3.63, 3.8) is 0 Å². The highest BCUT2D eigenvalue weighted by molar-refractivity contribution is 5.76. The van der Waals surface area contributed by atoms with Gasteiger partial charge in [0, 0.05) is 12.5 Å². The molecule has 21 heavy (non-hydrogen) atoms. The highest BCUT2D eigenvalue weighted by Gasteiger charge is 2.23. The number of nitrogens with two attached hydrogens (primary N) is 1. The number of halogens is 1. The summed E-state index contributed by atoms with van der Waals surface area (Å²) in [6.45, 7) is 0. The molecule has 1 atom stereocenters. The first-order valence-corrected chi connectivity index (χ1v) is 7.14. The third-order valence-corrected chi connectivity index (χ3v) is 3.72. The summed E-state index contributed by atoms with van der Waals surface area (Å²) < 4.78 is 19.0. The number of hydrogen-bond donors (Lipinski definition) is 3. The van der Waals surface area contributed by atoms with Gasteiger partial charge in [-0.15, -0.1) is 0 Å². The number of aromatic hydroxyl groups is 2. The molecule has 0 saturated heterocycles. The molecule has 116 valence electrons. The molecule has 0 aliphatic heterocycles. The minimum absolute atomic E-state index is 0.0680. The molecular weight excluding hydrogens is 277 g/mol. The second-order valence-electron chi connectivity index (χ2n) is 5.44. The molecule has 0 bridgehead atoms. The maximum absolute atomic E-state index is 13.6. The van der Waals surface area contributed by atoms with Crippen LogP contribution < -0.4 is 5.73 Å². The lowest BCUT2D eigenvalue weighted by Crippen LogP contribution is -2.37. The second kappa shape index (κ2) is 6.76. The zero-order valence-corrected chi connectivity index (χ0v) is 11.7. The summed E-state index contributed by atoms with van der Waals surface area (Å²) in [4.78, 5) is 11.9. The zero-order chi connectivity index (χ0) is 15.4. The van der Waals surface area contributed by atoms with E-state index in [9.17, 15) is 19.4 Å². The van der Waals surface area contributed by atoms with E-state index < -0.39 is 29.3 Å². The number of benzene rings is 1. The molecule has 0 radical (unpaired) electrons. The van der Waals surface area contributed by atoms with Crippen molar-refractivity contribution in [1.82, 2.24) is 0 Å². The Morgan fingerprint density at radius 2 is 1.90 bits per heavy atom. The van der Waals surface area contributed by atoms with Gasteiger partial charge in [-0.2, -0.15) is 0 Å². The standard InChI is InChI=1S/C15H20FNO4/c16-11-8-14(19)13(18)7-9(11)6-12(17)15(20)21-10-4-2-1-3-5-10/h7-8,10,12,18-19H,1-6,17H2/t12-/m0/s1. The van der Waals surface area contributed by atoms with Crippen LogP contribution in [-0.2, 0) is 16.0 Å². The van der Waals surface area contributed by atoms with E-state index in [1.807, 2.05) is 0 Å². The van der Waals surface area contributed by atoms with Crippen molar-refractivity contribution in [2.45, 2.75) is 50.7 Å². The van der Waals surface area contributed by atoms with Crippen molar-refractivity contribution in [3.05, 3.63) is 23.5 Å². The number of esters is 1. The van der Waals surface area contributed by atoms with E-state index in [2.05, 4.69) is 0 Å². The fourth-order valence-corrected chi connectivity index (χ4v) is 2.51. The third kappa shape index (κ3) is 4.07. The van der Waals surface area contributed by atoms with Gasteiger partial charge in [-0.25, -0.2) is 4.39 Å². The molecule has 2 rings (SSSR count). The molecule has 1 saturated carbocycles. The molecule has 1 aromatic rings. The third-order valence-electron chi connectivity index (χ3n) is 3.72. The highest BCUT2D eigenvalue weighted by atomic mass is 19.1. The molecule has 0 unspecified atom stereocenters. The molecule has 5 nitrogen and oxygen atoms in total. The Labute approximate surface area is 122 Å². The number of hydrogen-bond acceptors (Lipinski definition) is 5. The van der Waals surface area contributed by atoms with Gasteiger partial charge in [0.1, 0.15) is 18.0 Å². The Bertz CT molecular complexity index is 515. The van der Waals surface area contributed by atoms with Crippen LogP contribution in [0.15, 0.2) is 12.1 Å². The number of rotatable bonds is 4. The van der Waals surface area contributed by atoms with Gasteiger partial charge in [0.05, 0.1) is 0 Å². The molecule has 1 aromatic carbocycles. The molecule has 1 aliphatic rings. The molecule has 0 amide bonds. The molecule has 6 heteroatoms. The minimum atomic E-state index is -0.995. The molecule has 1 aliphatic carbocycles.